The Morgan fingerprint density at radius 1 is 1.53 bits per heavy atom. The zero-order chi connectivity index (χ0) is 13.1. The van der Waals surface area contributed by atoms with Gasteiger partial charge in [0.2, 0.25) is 10.0 Å². The van der Waals surface area contributed by atoms with Crippen molar-refractivity contribution in [3.05, 3.63) is 34.6 Å². The van der Waals surface area contributed by atoms with Gasteiger partial charge in [0.1, 0.15) is 5.82 Å². The number of nitrogens with one attached hydrogen (secondary N) is 1. The first-order chi connectivity index (χ1) is 7.86. The van der Waals surface area contributed by atoms with E-state index in [-0.39, 0.29) is 11.6 Å². The van der Waals surface area contributed by atoms with Gasteiger partial charge in [0.25, 0.3) is 0 Å². The van der Waals surface area contributed by atoms with Crippen LogP contribution in [0.5, 0.6) is 0 Å². The lowest BCUT2D eigenvalue weighted by atomic mass is 10.2. The summed E-state index contributed by atoms with van der Waals surface area (Å²) in [4.78, 5) is 0. The van der Waals surface area contributed by atoms with Gasteiger partial charge in [0.15, 0.2) is 0 Å². The average molecular weight is 282 g/mol. The van der Waals surface area contributed by atoms with Gasteiger partial charge in [-0.3, -0.25) is 0 Å². The molecule has 2 N–H and O–H groups in total. The highest BCUT2D eigenvalue weighted by Crippen LogP contribution is 2.16. The molecule has 0 spiro atoms. The Balaban J connectivity index is 2.71. The van der Waals surface area contributed by atoms with Gasteiger partial charge in [0.05, 0.1) is 16.9 Å². The lowest BCUT2D eigenvalue weighted by molar-refractivity contribution is 0.294. The first kappa shape index (κ1) is 14.4. The van der Waals surface area contributed by atoms with Crippen molar-refractivity contribution in [3.63, 3.8) is 0 Å². The Hall–Kier alpha value is -0.690. The SMILES string of the molecule is CC(CO)S(=O)(=O)NCc1ccc(F)c(Cl)c1. The van der Waals surface area contributed by atoms with Gasteiger partial charge in [-0.1, -0.05) is 17.7 Å². The molecule has 1 aromatic carbocycles. The van der Waals surface area contributed by atoms with Crippen LogP contribution in [0.4, 0.5) is 4.39 Å². The summed E-state index contributed by atoms with van der Waals surface area (Å²) in [5.74, 6) is -0.554. The first-order valence-electron chi connectivity index (χ1n) is 4.90. The maximum atomic E-state index is 12.9. The molecule has 1 rings (SSSR count). The Morgan fingerprint density at radius 2 is 2.18 bits per heavy atom. The van der Waals surface area contributed by atoms with Crippen molar-refractivity contribution in [2.24, 2.45) is 0 Å². The number of hydrogen-bond acceptors (Lipinski definition) is 3. The highest BCUT2D eigenvalue weighted by atomic mass is 35.5. The molecular weight excluding hydrogens is 269 g/mol. The predicted molar refractivity (Wildman–Crippen MR) is 63.7 cm³/mol. The Labute approximate surface area is 104 Å². The zero-order valence-corrected chi connectivity index (χ0v) is 10.7. The lowest BCUT2D eigenvalue weighted by Crippen LogP contribution is -2.34. The van der Waals surface area contributed by atoms with E-state index in [0.717, 1.165) is 0 Å². The molecule has 1 atom stereocenters. The maximum absolute atomic E-state index is 12.9. The van der Waals surface area contributed by atoms with Crippen LogP contribution < -0.4 is 4.72 Å². The zero-order valence-electron chi connectivity index (χ0n) is 9.15. The van der Waals surface area contributed by atoms with E-state index in [4.69, 9.17) is 16.7 Å². The lowest BCUT2D eigenvalue weighted by Gasteiger charge is -2.11. The molecule has 7 heteroatoms. The quantitative estimate of drug-likeness (QED) is 0.854. The summed E-state index contributed by atoms with van der Waals surface area (Å²) in [5.41, 5.74) is 0.546. The highest BCUT2D eigenvalue weighted by molar-refractivity contribution is 7.90. The molecule has 4 nitrogen and oxygen atoms in total. The van der Waals surface area contributed by atoms with Crippen LogP contribution in [0.3, 0.4) is 0 Å². The van der Waals surface area contributed by atoms with E-state index in [1.165, 1.54) is 25.1 Å². The van der Waals surface area contributed by atoms with Crippen LogP contribution in [-0.2, 0) is 16.6 Å². The molecule has 0 fully saturated rings. The van der Waals surface area contributed by atoms with Crippen molar-refractivity contribution in [1.82, 2.24) is 4.72 Å². The predicted octanol–water partition coefficient (Wildman–Crippen LogP) is 1.28. The fraction of sp³-hybridized carbons (Fsp3) is 0.400. The number of sulfonamides is 1. The topological polar surface area (TPSA) is 66.4 Å². The van der Waals surface area contributed by atoms with E-state index in [1.54, 1.807) is 0 Å². The van der Waals surface area contributed by atoms with Gasteiger partial charge in [0, 0.05) is 6.54 Å². The molecule has 0 saturated carbocycles. The minimum absolute atomic E-state index is 0.00662. The molecule has 0 amide bonds. The minimum Gasteiger partial charge on any atom is -0.395 e. The number of rotatable bonds is 5. The standard InChI is InChI=1S/C10H13ClFNO3S/c1-7(6-14)17(15,16)13-5-8-2-3-10(12)9(11)4-8/h2-4,7,13-14H,5-6H2,1H3. The van der Waals surface area contributed by atoms with Crippen LogP contribution in [0.2, 0.25) is 5.02 Å². The van der Waals surface area contributed by atoms with Crippen LogP contribution in [0.15, 0.2) is 18.2 Å². The summed E-state index contributed by atoms with van der Waals surface area (Å²) in [6.07, 6.45) is 0. The number of aliphatic hydroxyl groups excluding tert-OH is 1. The fourth-order valence-electron chi connectivity index (χ4n) is 1.07. The van der Waals surface area contributed by atoms with Crippen LogP contribution in [0, 0.1) is 5.82 Å². The summed E-state index contributed by atoms with van der Waals surface area (Å²) in [6, 6.07) is 3.96. The molecule has 96 valence electrons. The molecule has 0 heterocycles. The monoisotopic (exact) mass is 281 g/mol. The van der Waals surface area contributed by atoms with Crippen molar-refractivity contribution < 1.29 is 17.9 Å². The van der Waals surface area contributed by atoms with Crippen molar-refractivity contribution in [3.8, 4) is 0 Å². The molecule has 0 radical (unpaired) electrons. The average Bonchev–Trinajstić information content (AvgIpc) is 2.29. The maximum Gasteiger partial charge on any atom is 0.216 e. The molecule has 0 bridgehead atoms. The van der Waals surface area contributed by atoms with Crippen molar-refractivity contribution in [2.45, 2.75) is 18.7 Å². The second-order valence-electron chi connectivity index (χ2n) is 3.61. The van der Waals surface area contributed by atoms with Crippen LogP contribution >= 0.6 is 11.6 Å². The van der Waals surface area contributed by atoms with E-state index in [1.807, 2.05) is 0 Å². The first-order valence-corrected chi connectivity index (χ1v) is 6.82. The highest BCUT2D eigenvalue weighted by Gasteiger charge is 2.19. The normalized spacial score (nSPS) is 13.6. The molecule has 0 aromatic heterocycles. The number of benzene rings is 1. The Bertz CT molecular complexity index is 492. The molecule has 0 saturated heterocycles. The van der Waals surface area contributed by atoms with E-state index in [2.05, 4.69) is 4.72 Å². The molecule has 0 aliphatic rings. The summed E-state index contributed by atoms with van der Waals surface area (Å²) < 4.78 is 38.2. The van der Waals surface area contributed by atoms with E-state index < -0.39 is 27.7 Å². The molecule has 17 heavy (non-hydrogen) atoms. The second-order valence-corrected chi connectivity index (χ2v) is 6.20. The van der Waals surface area contributed by atoms with E-state index in [0.29, 0.717) is 5.56 Å². The van der Waals surface area contributed by atoms with Crippen molar-refractivity contribution >= 4 is 21.6 Å². The Morgan fingerprint density at radius 3 is 2.71 bits per heavy atom. The van der Waals surface area contributed by atoms with Gasteiger partial charge in [-0.05, 0) is 24.6 Å². The number of aliphatic hydroxyl groups is 1. The third-order valence-electron chi connectivity index (χ3n) is 2.25. The molecule has 0 aliphatic heterocycles. The third kappa shape index (κ3) is 3.92. The summed E-state index contributed by atoms with van der Waals surface area (Å²) in [5, 5.41) is 7.81. The summed E-state index contributed by atoms with van der Waals surface area (Å²) in [6.45, 7) is 0.937. The van der Waals surface area contributed by atoms with Crippen molar-refractivity contribution in [1.29, 1.82) is 0 Å². The third-order valence-corrected chi connectivity index (χ3v) is 4.29. The van der Waals surface area contributed by atoms with Crippen LogP contribution in [0.1, 0.15) is 12.5 Å². The van der Waals surface area contributed by atoms with Gasteiger partial charge >= 0.3 is 0 Å². The summed E-state index contributed by atoms with van der Waals surface area (Å²) >= 11 is 5.56. The number of halogens is 2. The smallest absolute Gasteiger partial charge is 0.216 e. The van der Waals surface area contributed by atoms with Crippen LogP contribution in [-0.4, -0.2) is 25.4 Å². The minimum atomic E-state index is -3.57. The van der Waals surface area contributed by atoms with Gasteiger partial charge in [-0.15, -0.1) is 0 Å². The van der Waals surface area contributed by atoms with Crippen LogP contribution in [0.25, 0.3) is 0 Å². The molecule has 0 aliphatic carbocycles. The van der Waals surface area contributed by atoms with Gasteiger partial charge in [-0.25, -0.2) is 17.5 Å². The second kappa shape index (κ2) is 5.77. The fourth-order valence-corrected chi connectivity index (χ4v) is 2.13. The largest absolute Gasteiger partial charge is 0.395 e. The van der Waals surface area contributed by atoms with Crippen molar-refractivity contribution in [2.75, 3.05) is 6.61 Å². The summed E-state index contributed by atoms with van der Waals surface area (Å²) in [7, 11) is -3.57. The molecule has 1 aromatic rings. The van der Waals surface area contributed by atoms with Gasteiger partial charge < -0.3 is 5.11 Å². The van der Waals surface area contributed by atoms with E-state index >= 15 is 0 Å². The molecule has 1 unspecified atom stereocenters. The molecular formula is C10H13ClFNO3S. The number of hydrogen-bond donors (Lipinski definition) is 2. The Kier molecular flexibility index (Phi) is 4.88. The van der Waals surface area contributed by atoms with Gasteiger partial charge in [-0.2, -0.15) is 0 Å². The van der Waals surface area contributed by atoms with E-state index in [9.17, 15) is 12.8 Å².